The number of halogens is 2. The summed E-state index contributed by atoms with van der Waals surface area (Å²) in [5, 5.41) is 6.39. The van der Waals surface area contributed by atoms with Gasteiger partial charge in [-0.3, -0.25) is 4.79 Å². The number of carbonyl (C=O) groups excluding carboxylic acids is 1. The van der Waals surface area contributed by atoms with Crippen LogP contribution >= 0.6 is 11.6 Å². The molecule has 2 aromatic carbocycles. The Morgan fingerprint density at radius 1 is 1.17 bits per heavy atom. The zero-order chi connectivity index (χ0) is 16.9. The van der Waals surface area contributed by atoms with Crippen LogP contribution in [0.1, 0.15) is 5.56 Å². The highest BCUT2D eigenvalue weighted by molar-refractivity contribution is 6.30. The lowest BCUT2D eigenvalue weighted by Gasteiger charge is -2.20. The fourth-order valence-corrected chi connectivity index (χ4v) is 2.60. The van der Waals surface area contributed by atoms with Crippen molar-refractivity contribution >= 4 is 23.2 Å². The van der Waals surface area contributed by atoms with E-state index in [0.29, 0.717) is 17.3 Å². The maximum atomic E-state index is 13.7. The predicted octanol–water partition coefficient (Wildman–Crippen LogP) is 1.51. The highest BCUT2D eigenvalue weighted by Gasteiger charge is 2.32. The van der Waals surface area contributed by atoms with Crippen LogP contribution in [0.4, 0.5) is 10.1 Å². The second kappa shape index (κ2) is 7.59. The molecule has 0 aromatic heterocycles. The van der Waals surface area contributed by atoms with Crippen LogP contribution in [0.2, 0.25) is 5.02 Å². The molecule has 2 unspecified atom stereocenters. The Kier molecular flexibility index (Phi) is 5.27. The quantitative estimate of drug-likeness (QED) is 0.566. The van der Waals surface area contributed by atoms with Crippen LogP contribution in [0.15, 0.2) is 48.5 Å². The van der Waals surface area contributed by atoms with Crippen LogP contribution in [0.5, 0.6) is 0 Å². The summed E-state index contributed by atoms with van der Waals surface area (Å²) in [6, 6.07) is 12.9. The molecule has 0 bridgehead atoms. The molecule has 0 spiro atoms. The molecular weight excluding hydrogens is 333 g/mol. The number of para-hydroxylation sites is 1. The van der Waals surface area contributed by atoms with Crippen LogP contribution in [0.25, 0.3) is 0 Å². The average Bonchev–Trinajstić information content (AvgIpc) is 3.03. The molecule has 0 radical (unpaired) electrons. The SMILES string of the molecule is O=C(NCc1cccc(Cl)c1)C1NNNC1Nc1ccccc1F. The smallest absolute Gasteiger partial charge is 0.242 e. The van der Waals surface area contributed by atoms with E-state index in [1.807, 2.05) is 12.1 Å². The van der Waals surface area contributed by atoms with Crippen molar-refractivity contribution in [2.75, 3.05) is 5.32 Å². The number of nitrogens with one attached hydrogen (secondary N) is 5. The molecule has 2 atom stereocenters. The minimum absolute atomic E-state index is 0.235. The third-order valence-corrected chi connectivity index (χ3v) is 3.85. The second-order valence-electron chi connectivity index (χ2n) is 5.34. The molecule has 0 aliphatic carbocycles. The fraction of sp³-hybridized carbons (Fsp3) is 0.188. The van der Waals surface area contributed by atoms with E-state index in [1.165, 1.54) is 6.07 Å². The van der Waals surface area contributed by atoms with Crippen molar-refractivity contribution in [2.45, 2.75) is 18.8 Å². The van der Waals surface area contributed by atoms with E-state index < -0.39 is 12.2 Å². The topological polar surface area (TPSA) is 77.2 Å². The van der Waals surface area contributed by atoms with Gasteiger partial charge in [0.1, 0.15) is 18.0 Å². The summed E-state index contributed by atoms with van der Waals surface area (Å²) in [7, 11) is 0. The normalized spacial score (nSPS) is 19.9. The first-order valence-electron chi connectivity index (χ1n) is 7.43. The molecule has 1 aliphatic rings. The molecule has 1 fully saturated rings. The van der Waals surface area contributed by atoms with Crippen LogP contribution < -0.4 is 27.0 Å². The molecule has 24 heavy (non-hydrogen) atoms. The molecule has 1 aliphatic heterocycles. The van der Waals surface area contributed by atoms with E-state index >= 15 is 0 Å². The number of hydrogen-bond donors (Lipinski definition) is 5. The summed E-state index contributed by atoms with van der Waals surface area (Å²) in [6.45, 7) is 0.351. The number of rotatable bonds is 5. The van der Waals surface area contributed by atoms with Crippen LogP contribution in [0.3, 0.4) is 0 Å². The number of benzene rings is 2. The highest BCUT2D eigenvalue weighted by atomic mass is 35.5. The van der Waals surface area contributed by atoms with Crippen molar-refractivity contribution in [1.29, 1.82) is 0 Å². The Hall–Kier alpha value is -2.19. The first-order chi connectivity index (χ1) is 11.6. The van der Waals surface area contributed by atoms with Gasteiger partial charge in [0, 0.05) is 11.6 Å². The summed E-state index contributed by atoms with van der Waals surface area (Å²) in [6.07, 6.45) is -0.513. The minimum atomic E-state index is -0.621. The van der Waals surface area contributed by atoms with Crippen LogP contribution in [-0.4, -0.2) is 18.1 Å². The lowest BCUT2D eigenvalue weighted by atomic mass is 10.2. The number of amides is 1. The zero-order valence-corrected chi connectivity index (χ0v) is 13.4. The Labute approximate surface area is 143 Å². The van der Waals surface area contributed by atoms with Gasteiger partial charge in [-0.2, -0.15) is 5.53 Å². The van der Waals surface area contributed by atoms with Crippen molar-refractivity contribution < 1.29 is 9.18 Å². The number of hydrogen-bond acceptors (Lipinski definition) is 5. The maximum absolute atomic E-state index is 13.7. The summed E-state index contributed by atoms with van der Waals surface area (Å²) < 4.78 is 13.7. The molecule has 6 nitrogen and oxygen atoms in total. The molecule has 1 heterocycles. The van der Waals surface area contributed by atoms with Gasteiger partial charge in [-0.15, -0.1) is 0 Å². The maximum Gasteiger partial charge on any atom is 0.242 e. The number of anilines is 1. The van der Waals surface area contributed by atoms with Gasteiger partial charge in [-0.25, -0.2) is 15.2 Å². The monoisotopic (exact) mass is 349 g/mol. The van der Waals surface area contributed by atoms with Gasteiger partial charge in [0.2, 0.25) is 5.91 Å². The average molecular weight is 350 g/mol. The second-order valence-corrected chi connectivity index (χ2v) is 5.78. The molecule has 3 rings (SSSR count). The highest BCUT2D eigenvalue weighted by Crippen LogP contribution is 2.15. The lowest BCUT2D eigenvalue weighted by molar-refractivity contribution is -0.123. The van der Waals surface area contributed by atoms with Gasteiger partial charge in [-0.05, 0) is 29.8 Å². The Bertz CT molecular complexity index is 729. The molecule has 8 heteroatoms. The molecular formula is C16H17ClFN5O. The van der Waals surface area contributed by atoms with Crippen molar-refractivity contribution in [3.63, 3.8) is 0 Å². The number of hydrazine groups is 2. The standard InChI is InChI=1S/C16H17ClFN5O/c17-11-5-3-4-10(8-11)9-19-16(24)14-15(22-23-21-14)20-13-7-2-1-6-12(13)18/h1-8,14-15,20-23H,9H2,(H,19,24). The van der Waals surface area contributed by atoms with Gasteiger partial charge in [0.25, 0.3) is 0 Å². The van der Waals surface area contributed by atoms with E-state index in [9.17, 15) is 9.18 Å². The predicted molar refractivity (Wildman–Crippen MR) is 90.3 cm³/mol. The van der Waals surface area contributed by atoms with E-state index in [-0.39, 0.29) is 11.7 Å². The summed E-state index contributed by atoms with van der Waals surface area (Å²) in [4.78, 5) is 12.4. The summed E-state index contributed by atoms with van der Waals surface area (Å²) in [5.41, 5.74) is 9.55. The molecule has 126 valence electrons. The van der Waals surface area contributed by atoms with Crippen LogP contribution in [-0.2, 0) is 11.3 Å². The van der Waals surface area contributed by atoms with Gasteiger partial charge in [0.15, 0.2) is 0 Å². The lowest BCUT2D eigenvalue weighted by Crippen LogP contribution is -2.50. The first kappa shape index (κ1) is 16.7. The van der Waals surface area contributed by atoms with E-state index in [0.717, 1.165) is 5.56 Å². The molecule has 2 aromatic rings. The Morgan fingerprint density at radius 3 is 2.79 bits per heavy atom. The number of carbonyl (C=O) groups is 1. The van der Waals surface area contributed by atoms with Crippen molar-refractivity contribution in [1.82, 2.24) is 21.7 Å². The van der Waals surface area contributed by atoms with E-state index in [1.54, 1.807) is 30.3 Å². The molecule has 1 amide bonds. The third-order valence-electron chi connectivity index (χ3n) is 3.61. The first-order valence-corrected chi connectivity index (χ1v) is 7.80. The Balaban J connectivity index is 1.60. The minimum Gasteiger partial charge on any atom is -0.365 e. The largest absolute Gasteiger partial charge is 0.365 e. The molecule has 1 saturated heterocycles. The summed E-state index contributed by atoms with van der Waals surface area (Å²) in [5.74, 6) is -0.620. The van der Waals surface area contributed by atoms with E-state index in [4.69, 9.17) is 11.6 Å². The zero-order valence-electron chi connectivity index (χ0n) is 12.6. The van der Waals surface area contributed by atoms with Gasteiger partial charge < -0.3 is 10.6 Å². The van der Waals surface area contributed by atoms with Crippen molar-refractivity contribution in [2.24, 2.45) is 0 Å². The van der Waals surface area contributed by atoms with Gasteiger partial charge >= 0.3 is 0 Å². The van der Waals surface area contributed by atoms with Crippen LogP contribution in [0, 0.1) is 5.82 Å². The van der Waals surface area contributed by atoms with Gasteiger partial charge in [-0.1, -0.05) is 35.9 Å². The molecule has 0 saturated carbocycles. The summed E-state index contributed by atoms with van der Waals surface area (Å²) >= 11 is 5.92. The molecule has 5 N–H and O–H groups in total. The third kappa shape index (κ3) is 4.01. The van der Waals surface area contributed by atoms with Crippen molar-refractivity contribution in [3.05, 3.63) is 64.9 Å². The van der Waals surface area contributed by atoms with E-state index in [2.05, 4.69) is 27.0 Å². The van der Waals surface area contributed by atoms with Gasteiger partial charge in [0.05, 0.1) is 5.69 Å². The fourth-order valence-electron chi connectivity index (χ4n) is 2.39. The Morgan fingerprint density at radius 2 is 2.00 bits per heavy atom. The van der Waals surface area contributed by atoms with Crippen molar-refractivity contribution in [3.8, 4) is 0 Å².